The van der Waals surface area contributed by atoms with Crippen LogP contribution in [-0.2, 0) is 0 Å². The quantitative estimate of drug-likeness (QED) is 0.747. The molecule has 0 saturated heterocycles. The van der Waals surface area contributed by atoms with Crippen molar-refractivity contribution in [3.63, 3.8) is 0 Å². The Balaban J connectivity index is 2.20. The summed E-state index contributed by atoms with van der Waals surface area (Å²) in [4.78, 5) is 4.00. The summed E-state index contributed by atoms with van der Waals surface area (Å²) in [5.41, 5.74) is 1.16. The molecule has 0 unspecified atom stereocenters. The first-order valence-electron chi connectivity index (χ1n) is 7.60. The van der Waals surface area contributed by atoms with Crippen molar-refractivity contribution in [3.8, 4) is 5.75 Å². The minimum Gasteiger partial charge on any atom is -0.489 e. The van der Waals surface area contributed by atoms with E-state index in [1.165, 1.54) is 0 Å². The fourth-order valence-electron chi connectivity index (χ4n) is 2.10. The second-order valence-electron chi connectivity index (χ2n) is 5.68. The molecule has 1 aromatic carbocycles. The maximum absolute atomic E-state index is 10.0. The number of nitrogens with zero attached hydrogens (tertiary/aromatic N) is 2. The highest BCUT2D eigenvalue weighted by Crippen LogP contribution is 2.38. The summed E-state index contributed by atoms with van der Waals surface area (Å²) in [6.45, 7) is 8.57. The Bertz CT molecular complexity index is 687. The van der Waals surface area contributed by atoms with Gasteiger partial charge in [-0.05, 0) is 12.1 Å². The third-order valence-electron chi connectivity index (χ3n) is 3.35. The number of halogens is 2. The number of aromatic nitrogens is 2. The molecule has 5 nitrogen and oxygen atoms in total. The van der Waals surface area contributed by atoms with Crippen LogP contribution in [0.2, 0.25) is 10.0 Å². The van der Waals surface area contributed by atoms with Gasteiger partial charge in [-0.25, -0.2) is 4.98 Å². The number of hydrogen-bond donors (Lipinski definition) is 2. The fraction of sp³-hybridized carbons (Fsp3) is 0.353. The van der Waals surface area contributed by atoms with E-state index in [0.29, 0.717) is 33.6 Å². The molecule has 24 heavy (non-hydrogen) atoms. The second kappa shape index (κ2) is 8.53. The van der Waals surface area contributed by atoms with Crippen LogP contribution in [0.3, 0.4) is 0 Å². The lowest BCUT2D eigenvalue weighted by Gasteiger charge is -2.19. The van der Waals surface area contributed by atoms with E-state index < -0.39 is 6.10 Å². The smallest absolute Gasteiger partial charge is 0.148 e. The number of benzene rings is 1. The maximum Gasteiger partial charge on any atom is 0.148 e. The first kappa shape index (κ1) is 18.8. The van der Waals surface area contributed by atoms with Crippen LogP contribution >= 0.6 is 23.2 Å². The maximum atomic E-state index is 10.0. The Labute approximate surface area is 151 Å². The van der Waals surface area contributed by atoms with Gasteiger partial charge >= 0.3 is 0 Å². The van der Waals surface area contributed by atoms with Gasteiger partial charge in [-0.15, -0.1) is 0 Å². The van der Waals surface area contributed by atoms with E-state index in [1.54, 1.807) is 35.4 Å². The molecule has 1 atom stereocenters. The van der Waals surface area contributed by atoms with Gasteiger partial charge in [0.1, 0.15) is 18.5 Å². The summed E-state index contributed by atoms with van der Waals surface area (Å²) in [6.07, 6.45) is 4.35. The molecular formula is C17H21Cl2N3O2. The van der Waals surface area contributed by atoms with E-state index in [0.717, 1.165) is 0 Å². The van der Waals surface area contributed by atoms with Crippen LogP contribution in [0.25, 0.3) is 5.70 Å². The van der Waals surface area contributed by atoms with Crippen molar-refractivity contribution >= 4 is 28.9 Å². The molecule has 2 rings (SSSR count). The van der Waals surface area contributed by atoms with Crippen molar-refractivity contribution in [2.45, 2.75) is 26.0 Å². The van der Waals surface area contributed by atoms with Crippen LogP contribution < -0.4 is 10.1 Å². The van der Waals surface area contributed by atoms with Crippen molar-refractivity contribution in [3.05, 3.63) is 53.0 Å². The average molecular weight is 370 g/mol. The molecule has 0 saturated carbocycles. The molecule has 0 aliphatic carbocycles. The topological polar surface area (TPSA) is 59.3 Å². The molecule has 0 bridgehead atoms. The van der Waals surface area contributed by atoms with Crippen LogP contribution in [0.5, 0.6) is 5.75 Å². The number of aliphatic hydroxyl groups is 1. The number of hydrogen-bond acceptors (Lipinski definition) is 4. The van der Waals surface area contributed by atoms with Crippen LogP contribution in [0, 0.1) is 0 Å². The Morgan fingerprint density at radius 2 is 2.08 bits per heavy atom. The Morgan fingerprint density at radius 1 is 1.38 bits per heavy atom. The minimum atomic E-state index is -0.670. The zero-order chi connectivity index (χ0) is 17.7. The van der Waals surface area contributed by atoms with E-state index in [-0.39, 0.29) is 12.6 Å². The standard InChI is InChI=1S/C17H21Cl2N3O2/c1-11(2)21-8-13(23)9-24-17-15(19)5-4-14(18)16(17)12(3)22-7-6-20-10-22/h4-7,10-11,13,21,23H,3,8-9H2,1-2H3/t13-/m1/s1. The van der Waals surface area contributed by atoms with Crippen molar-refractivity contribution in [2.75, 3.05) is 13.2 Å². The molecule has 7 heteroatoms. The minimum absolute atomic E-state index is 0.0873. The van der Waals surface area contributed by atoms with Crippen molar-refractivity contribution in [2.24, 2.45) is 0 Å². The highest BCUT2D eigenvalue weighted by molar-refractivity contribution is 6.35. The molecule has 0 aliphatic heterocycles. The van der Waals surface area contributed by atoms with Gasteiger partial charge in [0.05, 0.1) is 27.6 Å². The summed E-state index contributed by atoms with van der Waals surface area (Å²) >= 11 is 12.6. The Hall–Kier alpha value is -1.53. The zero-order valence-electron chi connectivity index (χ0n) is 13.7. The molecule has 1 heterocycles. The summed E-state index contributed by atoms with van der Waals surface area (Å²) < 4.78 is 7.48. The van der Waals surface area contributed by atoms with E-state index in [2.05, 4.69) is 16.9 Å². The molecule has 0 radical (unpaired) electrons. The molecule has 0 spiro atoms. The van der Waals surface area contributed by atoms with Gasteiger partial charge in [-0.3, -0.25) is 0 Å². The fourth-order valence-corrected chi connectivity index (χ4v) is 2.57. The van der Waals surface area contributed by atoms with Crippen LogP contribution in [0.15, 0.2) is 37.4 Å². The number of aliphatic hydroxyl groups excluding tert-OH is 1. The highest BCUT2D eigenvalue weighted by atomic mass is 35.5. The summed E-state index contributed by atoms with van der Waals surface area (Å²) in [6, 6.07) is 3.62. The summed E-state index contributed by atoms with van der Waals surface area (Å²) in [5.74, 6) is 0.395. The van der Waals surface area contributed by atoms with Gasteiger partial charge in [-0.2, -0.15) is 0 Å². The monoisotopic (exact) mass is 369 g/mol. The lowest BCUT2D eigenvalue weighted by atomic mass is 10.1. The molecule has 2 N–H and O–H groups in total. The predicted octanol–water partition coefficient (Wildman–Crippen LogP) is 3.45. The predicted molar refractivity (Wildman–Crippen MR) is 97.8 cm³/mol. The molecule has 0 fully saturated rings. The highest BCUT2D eigenvalue weighted by Gasteiger charge is 2.18. The Kier molecular flexibility index (Phi) is 6.69. The van der Waals surface area contributed by atoms with Crippen LogP contribution in [-0.4, -0.2) is 40.0 Å². The van der Waals surface area contributed by atoms with Gasteiger partial charge in [-0.1, -0.05) is 43.6 Å². The van der Waals surface area contributed by atoms with Gasteiger partial charge in [0.15, 0.2) is 0 Å². The van der Waals surface area contributed by atoms with Gasteiger partial charge in [0, 0.05) is 25.0 Å². The molecule has 1 aromatic heterocycles. The SMILES string of the molecule is C=C(c1c(Cl)ccc(Cl)c1OC[C@H](O)CNC(C)C)n1ccnc1. The van der Waals surface area contributed by atoms with E-state index in [4.69, 9.17) is 27.9 Å². The largest absolute Gasteiger partial charge is 0.489 e. The van der Waals surface area contributed by atoms with E-state index in [9.17, 15) is 5.11 Å². The zero-order valence-corrected chi connectivity index (χ0v) is 15.2. The van der Waals surface area contributed by atoms with E-state index in [1.807, 2.05) is 13.8 Å². The summed E-state index contributed by atoms with van der Waals surface area (Å²) in [7, 11) is 0. The first-order chi connectivity index (χ1) is 11.4. The van der Waals surface area contributed by atoms with Crippen molar-refractivity contribution < 1.29 is 9.84 Å². The van der Waals surface area contributed by atoms with Crippen molar-refractivity contribution in [1.29, 1.82) is 0 Å². The number of rotatable bonds is 8. The van der Waals surface area contributed by atoms with Crippen LogP contribution in [0.4, 0.5) is 0 Å². The number of ether oxygens (including phenoxy) is 1. The molecular weight excluding hydrogens is 349 g/mol. The summed E-state index contributed by atoms with van der Waals surface area (Å²) in [5, 5.41) is 14.0. The lowest BCUT2D eigenvalue weighted by molar-refractivity contribution is 0.104. The van der Waals surface area contributed by atoms with Crippen molar-refractivity contribution in [1.82, 2.24) is 14.9 Å². The first-order valence-corrected chi connectivity index (χ1v) is 8.35. The Morgan fingerprint density at radius 3 is 2.71 bits per heavy atom. The molecule has 0 amide bonds. The molecule has 130 valence electrons. The lowest BCUT2D eigenvalue weighted by Crippen LogP contribution is -2.35. The van der Waals surface area contributed by atoms with Crippen LogP contribution in [0.1, 0.15) is 19.4 Å². The van der Waals surface area contributed by atoms with Gasteiger partial charge in [0.2, 0.25) is 0 Å². The third-order valence-corrected chi connectivity index (χ3v) is 3.96. The third kappa shape index (κ3) is 4.74. The molecule has 2 aromatic rings. The number of imidazole rings is 1. The van der Waals surface area contributed by atoms with Gasteiger partial charge < -0.3 is 19.7 Å². The second-order valence-corrected chi connectivity index (χ2v) is 6.49. The normalized spacial score (nSPS) is 12.4. The van der Waals surface area contributed by atoms with E-state index >= 15 is 0 Å². The van der Waals surface area contributed by atoms with Gasteiger partial charge in [0.25, 0.3) is 0 Å². The average Bonchev–Trinajstić information content (AvgIpc) is 3.07. The number of nitrogens with one attached hydrogen (secondary N) is 1. The molecule has 0 aliphatic rings.